The molecule has 0 unspecified atom stereocenters. The number of hydrogen-bond acceptors (Lipinski definition) is 9. The highest BCUT2D eigenvalue weighted by molar-refractivity contribution is 5.64. The highest BCUT2D eigenvalue weighted by atomic mass is 16.7. The Morgan fingerprint density at radius 3 is 1.02 bits per heavy atom. The third kappa shape index (κ3) is 9.41. The molecule has 0 aromatic heterocycles. The van der Waals surface area contributed by atoms with Gasteiger partial charge in [-0.15, -0.1) is 0 Å². The summed E-state index contributed by atoms with van der Waals surface area (Å²) in [7, 11) is 2.51. The van der Waals surface area contributed by atoms with E-state index < -0.39 is 18.5 Å². The number of benzene rings is 4. The van der Waals surface area contributed by atoms with Crippen molar-refractivity contribution in [3.63, 3.8) is 0 Å². The standard InChI is InChI=1S/C33H30O9/c1-37-31(34)41-29-15-11-25(12-16-29)19-23-3-7-27(8-4-23)21-39-33(36)40-22-28-9-5-24(6-10-28)20-26-13-17-30(18-14-26)42-32(35)38-2/h3-18H,19-22H2,1-2H3. The fraction of sp³-hybridized carbons (Fsp3) is 0.182. The minimum Gasteiger partial charge on any atom is -0.437 e. The van der Waals surface area contributed by atoms with Crippen molar-refractivity contribution in [3.8, 4) is 11.5 Å². The predicted octanol–water partition coefficient (Wildman–Crippen LogP) is 7.01. The molecule has 0 N–H and O–H groups in total. The Bertz CT molecular complexity index is 1350. The van der Waals surface area contributed by atoms with Gasteiger partial charge in [0.15, 0.2) is 0 Å². The average Bonchev–Trinajstić information content (AvgIpc) is 3.02. The lowest BCUT2D eigenvalue weighted by Crippen LogP contribution is -2.07. The SMILES string of the molecule is COC(=O)Oc1ccc(Cc2ccc(COC(=O)OCc3ccc(Cc4ccc(OC(=O)OC)cc4)cc3)cc2)cc1. The highest BCUT2D eigenvalue weighted by Gasteiger charge is 2.08. The van der Waals surface area contributed by atoms with E-state index in [9.17, 15) is 14.4 Å². The molecule has 0 aliphatic rings. The second kappa shape index (κ2) is 14.9. The van der Waals surface area contributed by atoms with Gasteiger partial charge in [0, 0.05) is 0 Å². The van der Waals surface area contributed by atoms with E-state index in [1.165, 1.54) is 14.2 Å². The summed E-state index contributed by atoms with van der Waals surface area (Å²) in [6.07, 6.45) is -0.876. The maximum atomic E-state index is 12.1. The van der Waals surface area contributed by atoms with Crippen molar-refractivity contribution in [1.29, 1.82) is 0 Å². The van der Waals surface area contributed by atoms with Gasteiger partial charge in [0.1, 0.15) is 24.7 Å². The zero-order valence-corrected chi connectivity index (χ0v) is 23.2. The highest BCUT2D eigenvalue weighted by Crippen LogP contribution is 2.18. The van der Waals surface area contributed by atoms with Crippen LogP contribution in [-0.4, -0.2) is 32.7 Å². The molecule has 0 saturated carbocycles. The molecule has 0 atom stereocenters. The van der Waals surface area contributed by atoms with E-state index >= 15 is 0 Å². The summed E-state index contributed by atoms with van der Waals surface area (Å²) < 4.78 is 29.4. The molecule has 0 bridgehead atoms. The lowest BCUT2D eigenvalue weighted by Gasteiger charge is -2.09. The molecule has 0 aliphatic heterocycles. The molecule has 0 saturated heterocycles. The lowest BCUT2D eigenvalue weighted by atomic mass is 10.0. The van der Waals surface area contributed by atoms with E-state index in [0.29, 0.717) is 24.3 Å². The van der Waals surface area contributed by atoms with Gasteiger partial charge in [-0.05, 0) is 70.5 Å². The van der Waals surface area contributed by atoms with Crippen molar-refractivity contribution < 1.29 is 42.8 Å². The lowest BCUT2D eigenvalue weighted by molar-refractivity contribution is 0.0446. The molecular weight excluding hydrogens is 540 g/mol. The van der Waals surface area contributed by atoms with Gasteiger partial charge in [-0.25, -0.2) is 14.4 Å². The van der Waals surface area contributed by atoms with Crippen LogP contribution in [0.3, 0.4) is 0 Å². The van der Waals surface area contributed by atoms with Crippen molar-refractivity contribution in [2.24, 2.45) is 0 Å². The summed E-state index contributed by atoms with van der Waals surface area (Å²) in [5.41, 5.74) is 5.94. The maximum absolute atomic E-state index is 12.1. The van der Waals surface area contributed by atoms with Gasteiger partial charge in [0.2, 0.25) is 0 Å². The van der Waals surface area contributed by atoms with Gasteiger partial charge in [0.05, 0.1) is 14.2 Å². The van der Waals surface area contributed by atoms with E-state index in [1.54, 1.807) is 24.3 Å². The number of ether oxygens (including phenoxy) is 6. The Hall–Kier alpha value is -5.31. The fourth-order valence-corrected chi connectivity index (χ4v) is 3.93. The van der Waals surface area contributed by atoms with E-state index in [0.717, 1.165) is 33.4 Å². The summed E-state index contributed by atoms with van der Waals surface area (Å²) in [5, 5.41) is 0. The van der Waals surface area contributed by atoms with E-state index in [-0.39, 0.29) is 13.2 Å². The molecule has 0 aliphatic carbocycles. The summed E-state index contributed by atoms with van der Waals surface area (Å²) in [6.45, 7) is 0.197. The third-order valence-corrected chi connectivity index (χ3v) is 6.16. The van der Waals surface area contributed by atoms with Crippen molar-refractivity contribution in [1.82, 2.24) is 0 Å². The maximum Gasteiger partial charge on any atom is 0.513 e. The van der Waals surface area contributed by atoms with Crippen molar-refractivity contribution in [2.45, 2.75) is 26.1 Å². The van der Waals surface area contributed by atoms with Crippen LogP contribution >= 0.6 is 0 Å². The van der Waals surface area contributed by atoms with Crippen LogP contribution in [0.15, 0.2) is 97.1 Å². The molecule has 9 heteroatoms. The minimum absolute atomic E-state index is 0.0983. The van der Waals surface area contributed by atoms with E-state index in [2.05, 4.69) is 9.47 Å². The van der Waals surface area contributed by atoms with Crippen LogP contribution in [0.1, 0.15) is 33.4 Å². The molecule has 0 radical (unpaired) electrons. The van der Waals surface area contributed by atoms with Gasteiger partial charge in [-0.1, -0.05) is 72.8 Å². The third-order valence-electron chi connectivity index (χ3n) is 6.16. The number of carbonyl (C=O) groups is 3. The first kappa shape index (κ1) is 29.7. The Labute approximate surface area is 243 Å². The minimum atomic E-state index is -0.759. The summed E-state index contributed by atoms with van der Waals surface area (Å²) >= 11 is 0. The van der Waals surface area contributed by atoms with Crippen LogP contribution in [0.5, 0.6) is 11.5 Å². The molecule has 9 nitrogen and oxygen atoms in total. The predicted molar refractivity (Wildman–Crippen MR) is 152 cm³/mol. The van der Waals surface area contributed by atoms with Crippen LogP contribution in [0.4, 0.5) is 14.4 Å². The van der Waals surface area contributed by atoms with Crippen LogP contribution in [0.2, 0.25) is 0 Å². The van der Waals surface area contributed by atoms with Crippen LogP contribution in [0.25, 0.3) is 0 Å². The van der Waals surface area contributed by atoms with E-state index in [1.807, 2.05) is 72.8 Å². The molecule has 0 amide bonds. The second-order valence-electron chi connectivity index (χ2n) is 9.21. The zero-order valence-electron chi connectivity index (χ0n) is 23.2. The van der Waals surface area contributed by atoms with Gasteiger partial charge < -0.3 is 28.4 Å². The van der Waals surface area contributed by atoms with Crippen LogP contribution < -0.4 is 9.47 Å². The summed E-state index contributed by atoms with van der Waals surface area (Å²) in [5.74, 6) is 0.825. The van der Waals surface area contributed by atoms with Gasteiger partial charge in [-0.3, -0.25) is 0 Å². The molecule has 216 valence electrons. The van der Waals surface area contributed by atoms with Crippen LogP contribution in [-0.2, 0) is 45.0 Å². The number of methoxy groups -OCH3 is 2. The Balaban J connectivity index is 1.17. The Morgan fingerprint density at radius 1 is 0.429 bits per heavy atom. The fourth-order valence-electron chi connectivity index (χ4n) is 3.93. The quantitative estimate of drug-likeness (QED) is 0.113. The van der Waals surface area contributed by atoms with Crippen LogP contribution in [0, 0.1) is 0 Å². The van der Waals surface area contributed by atoms with Crippen molar-refractivity contribution in [3.05, 3.63) is 130 Å². The smallest absolute Gasteiger partial charge is 0.437 e. The Kier molecular flexibility index (Phi) is 10.5. The largest absolute Gasteiger partial charge is 0.513 e. The second-order valence-corrected chi connectivity index (χ2v) is 9.21. The number of hydrogen-bond donors (Lipinski definition) is 0. The van der Waals surface area contributed by atoms with Crippen molar-refractivity contribution >= 4 is 18.5 Å². The van der Waals surface area contributed by atoms with Gasteiger partial charge >= 0.3 is 18.5 Å². The average molecular weight is 571 g/mol. The molecule has 0 fully saturated rings. The Morgan fingerprint density at radius 2 is 0.714 bits per heavy atom. The molecular formula is C33H30O9. The van der Waals surface area contributed by atoms with Crippen molar-refractivity contribution in [2.75, 3.05) is 14.2 Å². The van der Waals surface area contributed by atoms with Gasteiger partial charge in [-0.2, -0.15) is 0 Å². The first-order valence-corrected chi connectivity index (χ1v) is 13.0. The monoisotopic (exact) mass is 570 g/mol. The summed E-state index contributed by atoms with van der Waals surface area (Å²) in [4.78, 5) is 34.5. The number of rotatable bonds is 10. The molecule has 4 aromatic carbocycles. The number of carbonyl (C=O) groups excluding carboxylic acids is 3. The topological polar surface area (TPSA) is 107 Å². The molecule has 0 heterocycles. The first-order chi connectivity index (χ1) is 20.4. The zero-order chi connectivity index (χ0) is 29.7. The molecule has 42 heavy (non-hydrogen) atoms. The van der Waals surface area contributed by atoms with E-state index in [4.69, 9.17) is 18.9 Å². The molecule has 0 spiro atoms. The normalized spacial score (nSPS) is 10.3. The molecule has 4 rings (SSSR count). The summed E-state index contributed by atoms with van der Waals surface area (Å²) in [6, 6.07) is 29.8. The van der Waals surface area contributed by atoms with Gasteiger partial charge in [0.25, 0.3) is 0 Å². The molecule has 4 aromatic rings. The first-order valence-electron chi connectivity index (χ1n) is 13.0.